The highest BCUT2D eigenvalue weighted by molar-refractivity contribution is 8.18. The fourth-order valence-electron chi connectivity index (χ4n) is 2.95. The van der Waals surface area contributed by atoms with Gasteiger partial charge in [0, 0.05) is 5.56 Å². The number of phenols is 1. The smallest absolute Gasteiger partial charge is 0.335 e. The molecule has 0 aromatic heterocycles. The minimum Gasteiger partial charge on any atom is -0.508 e. The van der Waals surface area contributed by atoms with Crippen LogP contribution in [0.15, 0.2) is 88.8 Å². The van der Waals surface area contributed by atoms with E-state index in [4.69, 9.17) is 5.11 Å². The Morgan fingerprint density at radius 2 is 1.53 bits per heavy atom. The summed E-state index contributed by atoms with van der Waals surface area (Å²) < 4.78 is 0. The van der Waals surface area contributed by atoms with Gasteiger partial charge in [-0.1, -0.05) is 30.3 Å². The Balaban J connectivity index is 1.74. The molecule has 0 saturated carbocycles. The Hall–Kier alpha value is -4.17. The Kier molecular flexibility index (Phi) is 5.87. The number of amides is 2. The van der Waals surface area contributed by atoms with Crippen molar-refractivity contribution in [2.24, 2.45) is 4.99 Å². The van der Waals surface area contributed by atoms with Gasteiger partial charge in [-0.25, -0.2) is 14.7 Å². The number of hydrogen-bond acceptors (Lipinski definition) is 6. The summed E-state index contributed by atoms with van der Waals surface area (Å²) in [5, 5.41) is 18.7. The van der Waals surface area contributed by atoms with E-state index in [1.165, 1.54) is 36.4 Å². The molecule has 3 aromatic carbocycles. The van der Waals surface area contributed by atoms with E-state index >= 15 is 0 Å². The van der Waals surface area contributed by atoms with Crippen molar-refractivity contribution in [1.29, 1.82) is 0 Å². The van der Waals surface area contributed by atoms with Crippen LogP contribution in [0.5, 0.6) is 5.75 Å². The zero-order chi connectivity index (χ0) is 22.7. The van der Waals surface area contributed by atoms with E-state index in [-0.39, 0.29) is 16.5 Å². The number of carbonyl (C=O) groups excluding carboxylic acids is 2. The predicted molar refractivity (Wildman–Crippen MR) is 122 cm³/mol. The average molecular weight is 444 g/mol. The summed E-state index contributed by atoms with van der Waals surface area (Å²) in [4.78, 5) is 43.1. The molecule has 3 aromatic rings. The highest BCUT2D eigenvalue weighted by Gasteiger charge is 2.38. The van der Waals surface area contributed by atoms with Gasteiger partial charge >= 0.3 is 5.97 Å². The maximum absolute atomic E-state index is 13.1. The minimum atomic E-state index is -1.06. The zero-order valence-electron chi connectivity index (χ0n) is 16.5. The molecule has 1 aliphatic rings. The SMILES string of the molecule is O=C(O)c1ccc(N=C2S/C(=C/c3ccc(O)cc3)C(=O)N2C(=O)c2ccccc2)cc1. The molecule has 0 spiro atoms. The van der Waals surface area contributed by atoms with Crippen molar-refractivity contribution in [3.05, 3.63) is 100 Å². The van der Waals surface area contributed by atoms with Crippen molar-refractivity contribution in [3.63, 3.8) is 0 Å². The molecule has 4 rings (SSSR count). The van der Waals surface area contributed by atoms with E-state index in [9.17, 15) is 19.5 Å². The molecule has 1 saturated heterocycles. The fourth-order valence-corrected chi connectivity index (χ4v) is 3.93. The number of carboxylic acid groups (broad SMARTS) is 1. The number of rotatable bonds is 4. The van der Waals surface area contributed by atoms with E-state index in [0.717, 1.165) is 16.7 Å². The molecule has 7 nitrogen and oxygen atoms in total. The van der Waals surface area contributed by atoms with Crippen LogP contribution in [0.1, 0.15) is 26.3 Å². The number of hydrogen-bond donors (Lipinski definition) is 2. The third-order valence-electron chi connectivity index (χ3n) is 4.56. The predicted octanol–water partition coefficient (Wildman–Crippen LogP) is 4.53. The van der Waals surface area contributed by atoms with Gasteiger partial charge in [-0.2, -0.15) is 0 Å². The summed E-state index contributed by atoms with van der Waals surface area (Å²) in [6.45, 7) is 0. The summed E-state index contributed by atoms with van der Waals surface area (Å²) in [5.74, 6) is -1.99. The molecule has 1 heterocycles. The second kappa shape index (κ2) is 8.91. The number of carboxylic acids is 1. The Labute approximate surface area is 187 Å². The van der Waals surface area contributed by atoms with Crippen molar-refractivity contribution < 1.29 is 24.6 Å². The molecular formula is C24H16N2O5S. The molecule has 1 aliphatic heterocycles. The van der Waals surface area contributed by atoms with E-state index in [0.29, 0.717) is 21.7 Å². The maximum atomic E-state index is 13.1. The second-order valence-electron chi connectivity index (χ2n) is 6.76. The van der Waals surface area contributed by atoms with Gasteiger partial charge in [-0.15, -0.1) is 0 Å². The molecule has 0 radical (unpaired) electrons. The van der Waals surface area contributed by atoms with Gasteiger partial charge in [0.05, 0.1) is 16.2 Å². The maximum Gasteiger partial charge on any atom is 0.335 e. The first-order valence-electron chi connectivity index (χ1n) is 9.47. The first kappa shape index (κ1) is 21.1. The number of amidine groups is 1. The van der Waals surface area contributed by atoms with Gasteiger partial charge in [0.2, 0.25) is 0 Å². The van der Waals surface area contributed by atoms with E-state index in [2.05, 4.69) is 4.99 Å². The van der Waals surface area contributed by atoms with Crippen LogP contribution >= 0.6 is 11.8 Å². The monoisotopic (exact) mass is 444 g/mol. The number of nitrogens with zero attached hydrogens (tertiary/aromatic N) is 2. The standard InChI is InChI=1S/C24H16N2O5S/c27-19-12-6-15(7-13-19)14-20-22(29)26(21(28)16-4-2-1-3-5-16)24(32-20)25-18-10-8-17(9-11-18)23(30)31/h1-14,27H,(H,30,31)/b20-14+,25-24?. The Morgan fingerprint density at radius 3 is 2.16 bits per heavy atom. The Bertz CT molecular complexity index is 1250. The second-order valence-corrected chi connectivity index (χ2v) is 7.77. The average Bonchev–Trinajstić information content (AvgIpc) is 3.10. The third-order valence-corrected chi connectivity index (χ3v) is 5.53. The lowest BCUT2D eigenvalue weighted by atomic mass is 10.2. The molecule has 2 N–H and O–H groups in total. The van der Waals surface area contributed by atoms with Gasteiger partial charge in [0.15, 0.2) is 5.17 Å². The summed E-state index contributed by atoms with van der Waals surface area (Å²) in [6, 6.07) is 20.5. The van der Waals surface area contributed by atoms with Crippen LogP contribution in [-0.4, -0.2) is 38.1 Å². The molecule has 8 heteroatoms. The number of phenolic OH excluding ortho intramolecular Hbond substituents is 1. The van der Waals surface area contributed by atoms with E-state index in [1.807, 2.05) is 0 Å². The minimum absolute atomic E-state index is 0.102. The van der Waals surface area contributed by atoms with Crippen LogP contribution < -0.4 is 0 Å². The first-order chi connectivity index (χ1) is 15.4. The number of aromatic carboxylic acids is 1. The molecule has 0 aliphatic carbocycles. The van der Waals surface area contributed by atoms with Crippen LogP contribution in [-0.2, 0) is 4.79 Å². The van der Waals surface area contributed by atoms with Crippen LogP contribution in [0, 0.1) is 0 Å². The highest BCUT2D eigenvalue weighted by atomic mass is 32.2. The van der Waals surface area contributed by atoms with E-state index < -0.39 is 17.8 Å². The molecular weight excluding hydrogens is 428 g/mol. The summed E-state index contributed by atoms with van der Waals surface area (Å²) in [6.07, 6.45) is 1.62. The number of benzene rings is 3. The summed E-state index contributed by atoms with van der Waals surface area (Å²) in [7, 11) is 0. The van der Waals surface area contributed by atoms with Crippen LogP contribution in [0.2, 0.25) is 0 Å². The molecule has 1 fully saturated rings. The van der Waals surface area contributed by atoms with Crippen molar-refractivity contribution in [1.82, 2.24) is 4.90 Å². The van der Waals surface area contributed by atoms with Gasteiger partial charge in [0.1, 0.15) is 5.75 Å². The van der Waals surface area contributed by atoms with Crippen molar-refractivity contribution in [3.8, 4) is 5.75 Å². The lowest BCUT2D eigenvalue weighted by molar-refractivity contribution is -0.120. The topological polar surface area (TPSA) is 107 Å². The largest absolute Gasteiger partial charge is 0.508 e. The number of aromatic hydroxyl groups is 1. The van der Waals surface area contributed by atoms with Gasteiger partial charge < -0.3 is 10.2 Å². The molecule has 0 atom stereocenters. The number of carbonyl (C=O) groups is 3. The molecule has 32 heavy (non-hydrogen) atoms. The number of thioether (sulfide) groups is 1. The van der Waals surface area contributed by atoms with Crippen molar-refractivity contribution >= 4 is 46.5 Å². The number of aliphatic imine (C=N–C) groups is 1. The zero-order valence-corrected chi connectivity index (χ0v) is 17.3. The highest BCUT2D eigenvalue weighted by Crippen LogP contribution is 2.35. The van der Waals surface area contributed by atoms with Gasteiger partial charge in [-0.05, 0) is 71.9 Å². The normalized spacial score (nSPS) is 16.0. The molecule has 158 valence electrons. The quantitative estimate of drug-likeness (QED) is 0.452. The van der Waals surface area contributed by atoms with Crippen molar-refractivity contribution in [2.45, 2.75) is 0 Å². The van der Waals surface area contributed by atoms with Crippen LogP contribution in [0.25, 0.3) is 6.08 Å². The van der Waals surface area contributed by atoms with Crippen molar-refractivity contribution in [2.75, 3.05) is 0 Å². The lowest BCUT2D eigenvalue weighted by Gasteiger charge is -2.13. The van der Waals surface area contributed by atoms with E-state index in [1.54, 1.807) is 48.5 Å². The lowest BCUT2D eigenvalue weighted by Crippen LogP contribution is -2.35. The summed E-state index contributed by atoms with van der Waals surface area (Å²) >= 11 is 1.04. The molecule has 0 unspecified atom stereocenters. The van der Waals surface area contributed by atoms with Crippen LogP contribution in [0.4, 0.5) is 5.69 Å². The third kappa shape index (κ3) is 4.45. The van der Waals surface area contributed by atoms with Gasteiger partial charge in [0.25, 0.3) is 11.8 Å². The number of imide groups is 1. The summed E-state index contributed by atoms with van der Waals surface area (Å²) in [5.41, 5.74) is 1.52. The first-order valence-corrected chi connectivity index (χ1v) is 10.3. The van der Waals surface area contributed by atoms with Crippen LogP contribution in [0.3, 0.4) is 0 Å². The molecule has 0 bridgehead atoms. The van der Waals surface area contributed by atoms with Gasteiger partial charge in [-0.3, -0.25) is 9.59 Å². The Morgan fingerprint density at radius 1 is 0.875 bits per heavy atom. The fraction of sp³-hybridized carbons (Fsp3) is 0. The molecule has 2 amide bonds.